The predicted octanol–water partition coefficient (Wildman–Crippen LogP) is 1.87. The second-order valence-corrected chi connectivity index (χ2v) is 3.75. The van der Waals surface area contributed by atoms with Gasteiger partial charge in [-0.3, -0.25) is 9.78 Å². The van der Waals surface area contributed by atoms with Gasteiger partial charge >= 0.3 is 0 Å². The summed E-state index contributed by atoms with van der Waals surface area (Å²) in [5.41, 5.74) is 6.15. The van der Waals surface area contributed by atoms with Crippen LogP contribution in [0.1, 0.15) is 10.5 Å². The Kier molecular flexibility index (Phi) is 3.23. The maximum Gasteiger partial charge on any atom is 0.270 e. The molecule has 18 heavy (non-hydrogen) atoms. The number of anilines is 1. The number of carbonyl (C=O) groups is 1. The highest BCUT2D eigenvalue weighted by molar-refractivity contribution is 6.07. The van der Waals surface area contributed by atoms with Gasteiger partial charge in [-0.25, -0.2) is 4.39 Å². The largest absolute Gasteiger partial charge is 0.398 e. The minimum absolute atomic E-state index is 0.153. The average molecular weight is 245 g/mol. The fraction of sp³-hybridized carbons (Fsp3) is 0.0769. The van der Waals surface area contributed by atoms with Crippen LogP contribution in [0.25, 0.3) is 10.8 Å². The summed E-state index contributed by atoms with van der Waals surface area (Å²) in [4.78, 5) is 15.8. The summed E-state index contributed by atoms with van der Waals surface area (Å²) in [6.45, 7) is 3.82. The van der Waals surface area contributed by atoms with E-state index in [0.29, 0.717) is 17.3 Å². The lowest BCUT2D eigenvalue weighted by atomic mass is 10.1. The molecule has 92 valence electrons. The molecule has 1 heterocycles. The van der Waals surface area contributed by atoms with Crippen LogP contribution in [-0.2, 0) is 0 Å². The second kappa shape index (κ2) is 4.83. The first-order chi connectivity index (χ1) is 8.63. The number of amides is 1. The molecule has 0 radical (unpaired) electrons. The van der Waals surface area contributed by atoms with E-state index in [1.807, 2.05) is 0 Å². The summed E-state index contributed by atoms with van der Waals surface area (Å²) < 4.78 is 13.3. The van der Waals surface area contributed by atoms with Crippen molar-refractivity contribution in [3.63, 3.8) is 0 Å². The van der Waals surface area contributed by atoms with Crippen LogP contribution >= 0.6 is 0 Å². The van der Waals surface area contributed by atoms with Crippen molar-refractivity contribution < 1.29 is 9.18 Å². The molecule has 0 fully saturated rings. The van der Waals surface area contributed by atoms with Crippen LogP contribution in [0.4, 0.5) is 10.1 Å². The topological polar surface area (TPSA) is 68.0 Å². The van der Waals surface area contributed by atoms with Gasteiger partial charge in [-0.2, -0.15) is 0 Å². The van der Waals surface area contributed by atoms with E-state index in [-0.39, 0.29) is 17.3 Å². The normalized spacial score (nSPS) is 10.3. The number of pyridine rings is 1. The van der Waals surface area contributed by atoms with Gasteiger partial charge in [0.15, 0.2) is 0 Å². The fourth-order valence-corrected chi connectivity index (χ4v) is 1.71. The summed E-state index contributed by atoms with van der Waals surface area (Å²) in [5, 5.41) is 3.60. The van der Waals surface area contributed by atoms with E-state index < -0.39 is 5.82 Å². The van der Waals surface area contributed by atoms with E-state index in [9.17, 15) is 9.18 Å². The molecule has 0 spiro atoms. The number of hydrogen-bond donors (Lipinski definition) is 2. The quantitative estimate of drug-likeness (QED) is 0.640. The molecule has 0 unspecified atom stereocenters. The van der Waals surface area contributed by atoms with Gasteiger partial charge in [-0.15, -0.1) is 6.58 Å². The molecule has 0 atom stereocenters. The molecule has 3 N–H and O–H groups in total. The first kappa shape index (κ1) is 12.0. The zero-order chi connectivity index (χ0) is 13.1. The third-order valence-electron chi connectivity index (χ3n) is 2.50. The molecule has 1 aromatic carbocycles. The minimum Gasteiger partial charge on any atom is -0.398 e. The van der Waals surface area contributed by atoms with Gasteiger partial charge < -0.3 is 11.1 Å². The van der Waals surface area contributed by atoms with E-state index >= 15 is 0 Å². The van der Waals surface area contributed by atoms with Crippen LogP contribution in [0, 0.1) is 5.82 Å². The van der Waals surface area contributed by atoms with Gasteiger partial charge in [-0.1, -0.05) is 6.08 Å². The van der Waals surface area contributed by atoms with Crippen LogP contribution in [0.2, 0.25) is 0 Å². The maximum atomic E-state index is 13.3. The lowest BCUT2D eigenvalue weighted by molar-refractivity contribution is 0.0955. The number of nitrogens with one attached hydrogen (secondary N) is 1. The number of rotatable bonds is 3. The number of carbonyl (C=O) groups excluding carboxylic acids is 1. The standard InChI is InChI=1S/C13H12FN3O/c1-2-4-17-13(18)12-10-6-8(14)7-11(15)9(10)3-5-16-12/h2-3,5-7H,1,4,15H2,(H,17,18). The lowest BCUT2D eigenvalue weighted by Gasteiger charge is -2.07. The average Bonchev–Trinajstić information content (AvgIpc) is 2.35. The molecule has 2 rings (SSSR count). The third-order valence-corrected chi connectivity index (χ3v) is 2.50. The van der Waals surface area contributed by atoms with Gasteiger partial charge in [0.05, 0.1) is 0 Å². The molecular weight excluding hydrogens is 233 g/mol. The number of fused-ring (bicyclic) bond motifs is 1. The van der Waals surface area contributed by atoms with Crippen molar-refractivity contribution in [3.8, 4) is 0 Å². The van der Waals surface area contributed by atoms with Gasteiger partial charge in [-0.05, 0) is 18.2 Å². The highest BCUT2D eigenvalue weighted by Gasteiger charge is 2.13. The third kappa shape index (κ3) is 2.15. The molecule has 1 aromatic heterocycles. The molecule has 0 aliphatic heterocycles. The van der Waals surface area contributed by atoms with Gasteiger partial charge in [0.2, 0.25) is 0 Å². The molecule has 0 saturated heterocycles. The zero-order valence-corrected chi connectivity index (χ0v) is 9.61. The number of hydrogen-bond acceptors (Lipinski definition) is 3. The Morgan fingerprint density at radius 1 is 1.50 bits per heavy atom. The van der Waals surface area contributed by atoms with Crippen molar-refractivity contribution in [1.29, 1.82) is 0 Å². The van der Waals surface area contributed by atoms with Crippen molar-refractivity contribution in [2.45, 2.75) is 0 Å². The Hall–Kier alpha value is -2.43. The fourth-order valence-electron chi connectivity index (χ4n) is 1.71. The molecule has 0 aliphatic rings. The second-order valence-electron chi connectivity index (χ2n) is 3.75. The molecule has 4 nitrogen and oxygen atoms in total. The zero-order valence-electron chi connectivity index (χ0n) is 9.61. The number of nitrogens with zero attached hydrogens (tertiary/aromatic N) is 1. The monoisotopic (exact) mass is 245 g/mol. The molecular formula is C13H12FN3O. The summed E-state index contributed by atoms with van der Waals surface area (Å²) in [6.07, 6.45) is 3.03. The van der Waals surface area contributed by atoms with Crippen LogP contribution in [0.3, 0.4) is 0 Å². The minimum atomic E-state index is -0.495. The summed E-state index contributed by atoms with van der Waals surface area (Å²) in [7, 11) is 0. The van der Waals surface area contributed by atoms with Crippen molar-refractivity contribution in [2.24, 2.45) is 0 Å². The molecule has 5 heteroatoms. The Morgan fingerprint density at radius 2 is 2.28 bits per heavy atom. The number of benzene rings is 1. The highest BCUT2D eigenvalue weighted by atomic mass is 19.1. The van der Waals surface area contributed by atoms with Crippen LogP contribution in [0.5, 0.6) is 0 Å². The maximum absolute atomic E-state index is 13.3. The number of nitrogen functional groups attached to an aromatic ring is 1. The first-order valence-corrected chi connectivity index (χ1v) is 5.36. The van der Waals surface area contributed by atoms with E-state index in [1.165, 1.54) is 18.3 Å². The van der Waals surface area contributed by atoms with Crippen molar-refractivity contribution in [3.05, 3.63) is 48.6 Å². The summed E-state index contributed by atoms with van der Waals surface area (Å²) in [6, 6.07) is 4.11. The summed E-state index contributed by atoms with van der Waals surface area (Å²) in [5.74, 6) is -0.878. The van der Waals surface area contributed by atoms with E-state index in [0.717, 1.165) is 0 Å². The van der Waals surface area contributed by atoms with Crippen molar-refractivity contribution >= 4 is 22.4 Å². The predicted molar refractivity (Wildman–Crippen MR) is 68.6 cm³/mol. The van der Waals surface area contributed by atoms with Crippen LogP contribution in [0.15, 0.2) is 37.1 Å². The molecule has 1 amide bonds. The highest BCUT2D eigenvalue weighted by Crippen LogP contribution is 2.24. The van der Waals surface area contributed by atoms with E-state index in [1.54, 1.807) is 12.1 Å². The van der Waals surface area contributed by atoms with Crippen molar-refractivity contribution in [1.82, 2.24) is 10.3 Å². The molecule has 2 aromatic rings. The molecule has 0 aliphatic carbocycles. The van der Waals surface area contributed by atoms with Crippen molar-refractivity contribution in [2.75, 3.05) is 12.3 Å². The lowest BCUT2D eigenvalue weighted by Crippen LogP contribution is -2.24. The SMILES string of the molecule is C=CCNC(=O)c1nccc2c(N)cc(F)cc12. The Balaban J connectivity index is 2.57. The molecule has 0 saturated carbocycles. The van der Waals surface area contributed by atoms with E-state index in [4.69, 9.17) is 5.73 Å². The Bertz CT molecular complexity index is 625. The summed E-state index contributed by atoms with van der Waals surface area (Å²) >= 11 is 0. The van der Waals surface area contributed by atoms with E-state index in [2.05, 4.69) is 16.9 Å². The van der Waals surface area contributed by atoms with Crippen LogP contribution in [-0.4, -0.2) is 17.4 Å². The number of aromatic nitrogens is 1. The van der Waals surface area contributed by atoms with Crippen LogP contribution < -0.4 is 11.1 Å². The van der Waals surface area contributed by atoms with Gasteiger partial charge in [0, 0.05) is 29.2 Å². The Labute approximate surface area is 103 Å². The molecule has 0 bridgehead atoms. The smallest absolute Gasteiger partial charge is 0.270 e. The number of nitrogens with two attached hydrogens (primary N) is 1. The van der Waals surface area contributed by atoms with Gasteiger partial charge in [0.25, 0.3) is 5.91 Å². The van der Waals surface area contributed by atoms with Gasteiger partial charge in [0.1, 0.15) is 11.5 Å². The number of halogens is 1. The first-order valence-electron chi connectivity index (χ1n) is 5.36. The Morgan fingerprint density at radius 3 is 3.00 bits per heavy atom.